The molecule has 3 aromatic carbocycles. The number of nitrogens with one attached hydrogen (secondary N) is 1. The number of thiazole rings is 1. The Bertz CT molecular complexity index is 1540. The van der Waals surface area contributed by atoms with Gasteiger partial charge in [-0.2, -0.15) is 0 Å². The van der Waals surface area contributed by atoms with E-state index in [1.165, 1.54) is 16.9 Å². The number of carbonyl (C=O) groups excluding carboxylic acids is 1. The van der Waals surface area contributed by atoms with Crippen LogP contribution in [0.25, 0.3) is 33.4 Å². The van der Waals surface area contributed by atoms with Crippen LogP contribution in [0.5, 0.6) is 11.5 Å². The first-order chi connectivity index (χ1) is 16.6. The van der Waals surface area contributed by atoms with Crippen molar-refractivity contribution < 1.29 is 14.3 Å². The Balaban J connectivity index is 1.35. The summed E-state index contributed by atoms with van der Waals surface area (Å²) >= 11 is 1.40. The van der Waals surface area contributed by atoms with E-state index in [4.69, 9.17) is 14.5 Å². The number of para-hydroxylation sites is 1. The molecule has 2 aromatic heterocycles. The summed E-state index contributed by atoms with van der Waals surface area (Å²) in [6.45, 7) is 2.25. The Labute approximate surface area is 199 Å². The van der Waals surface area contributed by atoms with Crippen molar-refractivity contribution in [3.63, 3.8) is 0 Å². The first-order valence-corrected chi connectivity index (χ1v) is 11.7. The number of rotatable bonds is 4. The molecule has 6 nitrogen and oxygen atoms in total. The SMILES string of the molecule is Cc1ccc(-c2csc(NC(=O)c3cc(-c4ccc5c(c4)OCO5)nc4ccccc34)n2)cc1. The van der Waals surface area contributed by atoms with Crippen molar-refractivity contribution in [1.82, 2.24) is 9.97 Å². The van der Waals surface area contributed by atoms with Gasteiger partial charge >= 0.3 is 0 Å². The molecule has 6 rings (SSSR count). The molecule has 0 saturated heterocycles. The molecule has 5 aromatic rings. The maximum atomic E-state index is 13.4. The van der Waals surface area contributed by atoms with Crippen LogP contribution >= 0.6 is 11.3 Å². The Kier molecular flexibility index (Phi) is 4.96. The molecule has 1 aliphatic heterocycles. The molecule has 1 amide bonds. The van der Waals surface area contributed by atoms with E-state index in [1.807, 2.05) is 85.1 Å². The number of aromatic nitrogens is 2. The fourth-order valence-corrected chi connectivity index (χ4v) is 4.63. The van der Waals surface area contributed by atoms with Gasteiger partial charge in [0.25, 0.3) is 5.91 Å². The van der Waals surface area contributed by atoms with Crippen LogP contribution in [0.4, 0.5) is 5.13 Å². The highest BCUT2D eigenvalue weighted by atomic mass is 32.1. The van der Waals surface area contributed by atoms with Gasteiger partial charge in [0.05, 0.1) is 22.5 Å². The Morgan fingerprint density at radius 1 is 0.882 bits per heavy atom. The van der Waals surface area contributed by atoms with Crippen LogP contribution in [-0.4, -0.2) is 22.7 Å². The number of benzene rings is 3. The van der Waals surface area contributed by atoms with Gasteiger partial charge in [-0.05, 0) is 37.3 Å². The van der Waals surface area contributed by atoms with E-state index in [1.54, 1.807) is 0 Å². The van der Waals surface area contributed by atoms with Gasteiger partial charge in [-0.15, -0.1) is 11.3 Å². The quantitative estimate of drug-likeness (QED) is 0.336. The smallest absolute Gasteiger partial charge is 0.258 e. The number of anilines is 1. The third-order valence-electron chi connectivity index (χ3n) is 5.70. The molecule has 0 bridgehead atoms. The summed E-state index contributed by atoms with van der Waals surface area (Å²) in [5.41, 5.74) is 5.84. The number of aryl methyl sites for hydroxylation is 1. The van der Waals surface area contributed by atoms with Gasteiger partial charge in [0.2, 0.25) is 6.79 Å². The Hall–Kier alpha value is -4.23. The van der Waals surface area contributed by atoms with Crippen molar-refractivity contribution in [1.29, 1.82) is 0 Å². The fraction of sp³-hybridized carbons (Fsp3) is 0.0741. The molecule has 0 atom stereocenters. The lowest BCUT2D eigenvalue weighted by atomic mass is 10.0. The summed E-state index contributed by atoms with van der Waals surface area (Å²) in [5, 5.41) is 6.24. The van der Waals surface area contributed by atoms with Crippen molar-refractivity contribution in [3.05, 3.63) is 89.3 Å². The lowest BCUT2D eigenvalue weighted by molar-refractivity contribution is 0.102. The summed E-state index contributed by atoms with van der Waals surface area (Å²) in [5.74, 6) is 1.14. The van der Waals surface area contributed by atoms with Crippen LogP contribution in [0.3, 0.4) is 0 Å². The van der Waals surface area contributed by atoms with Gasteiger partial charge in [-0.25, -0.2) is 9.97 Å². The van der Waals surface area contributed by atoms with E-state index in [9.17, 15) is 4.79 Å². The molecule has 0 saturated carbocycles. The zero-order valence-corrected chi connectivity index (χ0v) is 19.1. The van der Waals surface area contributed by atoms with E-state index in [0.717, 1.165) is 27.7 Å². The minimum absolute atomic E-state index is 0.204. The van der Waals surface area contributed by atoms with E-state index in [0.29, 0.717) is 27.9 Å². The summed E-state index contributed by atoms with van der Waals surface area (Å²) in [4.78, 5) is 22.8. The average Bonchev–Trinajstić information content (AvgIpc) is 3.53. The van der Waals surface area contributed by atoms with Crippen molar-refractivity contribution in [3.8, 4) is 34.0 Å². The van der Waals surface area contributed by atoms with Crippen molar-refractivity contribution in [2.45, 2.75) is 6.92 Å². The van der Waals surface area contributed by atoms with Crippen molar-refractivity contribution >= 4 is 33.3 Å². The predicted octanol–water partition coefficient (Wildman–Crippen LogP) is 6.31. The maximum Gasteiger partial charge on any atom is 0.258 e. The summed E-state index contributed by atoms with van der Waals surface area (Å²) in [6, 6.07) is 23.3. The predicted molar refractivity (Wildman–Crippen MR) is 134 cm³/mol. The number of hydrogen-bond acceptors (Lipinski definition) is 6. The minimum atomic E-state index is -0.231. The van der Waals surface area contributed by atoms with Crippen LogP contribution in [-0.2, 0) is 0 Å². The molecule has 34 heavy (non-hydrogen) atoms. The Morgan fingerprint density at radius 3 is 2.56 bits per heavy atom. The molecule has 1 aliphatic rings. The van der Waals surface area contributed by atoms with Crippen molar-refractivity contribution in [2.75, 3.05) is 12.1 Å². The highest BCUT2D eigenvalue weighted by Gasteiger charge is 2.18. The fourth-order valence-electron chi connectivity index (χ4n) is 3.92. The van der Waals surface area contributed by atoms with Gasteiger partial charge in [-0.1, -0.05) is 48.0 Å². The largest absolute Gasteiger partial charge is 0.454 e. The van der Waals surface area contributed by atoms with Crippen molar-refractivity contribution in [2.24, 2.45) is 0 Å². The standard InChI is InChI=1S/C27H19N3O3S/c1-16-6-8-17(9-7-16)23-14-34-27(29-23)30-26(31)20-13-22(28-21-5-3-2-4-19(20)21)18-10-11-24-25(12-18)33-15-32-24/h2-14H,15H2,1H3,(H,29,30,31). The van der Waals surface area contributed by atoms with E-state index in [-0.39, 0.29) is 12.7 Å². The summed E-state index contributed by atoms with van der Waals surface area (Å²) in [7, 11) is 0. The normalized spacial score (nSPS) is 12.1. The number of carbonyl (C=O) groups is 1. The van der Waals surface area contributed by atoms with Gasteiger partial charge in [-0.3, -0.25) is 10.1 Å². The maximum absolute atomic E-state index is 13.4. The number of pyridine rings is 1. The second kappa shape index (κ2) is 8.28. The molecule has 3 heterocycles. The third-order valence-corrected chi connectivity index (χ3v) is 6.46. The molecular formula is C27H19N3O3S. The molecule has 166 valence electrons. The number of hydrogen-bond donors (Lipinski definition) is 1. The number of nitrogens with zero attached hydrogens (tertiary/aromatic N) is 2. The highest BCUT2D eigenvalue weighted by molar-refractivity contribution is 7.14. The van der Waals surface area contributed by atoms with Gasteiger partial charge in [0, 0.05) is 21.9 Å². The van der Waals surface area contributed by atoms with E-state index >= 15 is 0 Å². The first-order valence-electron chi connectivity index (χ1n) is 10.8. The molecule has 1 N–H and O–H groups in total. The second-order valence-electron chi connectivity index (χ2n) is 8.00. The van der Waals surface area contributed by atoms with Crippen LogP contribution in [0, 0.1) is 6.92 Å². The molecule has 7 heteroatoms. The average molecular weight is 466 g/mol. The minimum Gasteiger partial charge on any atom is -0.454 e. The number of fused-ring (bicyclic) bond motifs is 2. The molecule has 0 spiro atoms. The second-order valence-corrected chi connectivity index (χ2v) is 8.86. The van der Waals surface area contributed by atoms with Gasteiger partial charge < -0.3 is 9.47 Å². The van der Waals surface area contributed by atoms with Gasteiger partial charge in [0.15, 0.2) is 16.6 Å². The summed E-state index contributed by atoms with van der Waals surface area (Å²) in [6.07, 6.45) is 0. The topological polar surface area (TPSA) is 73.3 Å². The highest BCUT2D eigenvalue weighted by Crippen LogP contribution is 2.36. The molecule has 0 fully saturated rings. The zero-order chi connectivity index (χ0) is 23.1. The molecule has 0 unspecified atom stereocenters. The molecule has 0 radical (unpaired) electrons. The summed E-state index contributed by atoms with van der Waals surface area (Å²) < 4.78 is 10.9. The number of ether oxygens (including phenoxy) is 2. The van der Waals surface area contributed by atoms with Crippen LogP contribution in [0.2, 0.25) is 0 Å². The first kappa shape index (κ1) is 20.4. The zero-order valence-electron chi connectivity index (χ0n) is 18.2. The third kappa shape index (κ3) is 3.76. The number of amides is 1. The van der Waals surface area contributed by atoms with Crippen LogP contribution in [0.15, 0.2) is 78.2 Å². The van der Waals surface area contributed by atoms with Crippen LogP contribution in [0.1, 0.15) is 15.9 Å². The molecule has 0 aliphatic carbocycles. The Morgan fingerprint density at radius 2 is 1.68 bits per heavy atom. The lowest BCUT2D eigenvalue weighted by Crippen LogP contribution is -2.13. The van der Waals surface area contributed by atoms with Gasteiger partial charge in [0.1, 0.15) is 0 Å². The molecular weight excluding hydrogens is 446 g/mol. The van der Waals surface area contributed by atoms with Crippen LogP contribution < -0.4 is 14.8 Å². The monoisotopic (exact) mass is 465 g/mol. The van der Waals surface area contributed by atoms with E-state index in [2.05, 4.69) is 10.3 Å². The lowest BCUT2D eigenvalue weighted by Gasteiger charge is -2.10. The van der Waals surface area contributed by atoms with E-state index < -0.39 is 0 Å².